The number of benzene rings is 1. The lowest BCUT2D eigenvalue weighted by atomic mass is 10.1. The molecule has 0 aliphatic carbocycles. The summed E-state index contributed by atoms with van der Waals surface area (Å²) in [6.45, 7) is 1.40. The summed E-state index contributed by atoms with van der Waals surface area (Å²) >= 11 is 0. The third-order valence-corrected chi connectivity index (χ3v) is 3.16. The van der Waals surface area contributed by atoms with Gasteiger partial charge in [0.2, 0.25) is 5.91 Å². The Morgan fingerprint density at radius 1 is 1.44 bits per heavy atom. The molecule has 1 amide bonds. The van der Waals surface area contributed by atoms with Crippen LogP contribution in [0, 0.1) is 0 Å². The summed E-state index contributed by atoms with van der Waals surface area (Å²) in [5.41, 5.74) is 0.810. The van der Waals surface area contributed by atoms with E-state index in [2.05, 4.69) is 5.32 Å². The number of carbonyl (C=O) groups excluding carboxylic acids is 1. The molecular formula is C14H19NO3. The standard InChI is InChI=1S/C14H19NO3/c16-13-6-2-1-4-11(13)7-8-14(17)15-10-12-5-3-9-18-12/h1-2,4,6,12,16H,3,5,7-10H2,(H,15,17). The first kappa shape index (κ1) is 12.9. The van der Waals surface area contributed by atoms with E-state index in [1.54, 1.807) is 12.1 Å². The Kier molecular flexibility index (Phi) is 4.59. The van der Waals surface area contributed by atoms with Gasteiger partial charge >= 0.3 is 0 Å². The van der Waals surface area contributed by atoms with Crippen molar-refractivity contribution in [2.45, 2.75) is 31.8 Å². The van der Waals surface area contributed by atoms with Crippen LogP contribution in [0.5, 0.6) is 5.75 Å². The third-order valence-electron chi connectivity index (χ3n) is 3.16. The van der Waals surface area contributed by atoms with Crippen molar-refractivity contribution in [2.24, 2.45) is 0 Å². The highest BCUT2D eigenvalue weighted by atomic mass is 16.5. The first-order chi connectivity index (χ1) is 8.75. The van der Waals surface area contributed by atoms with Crippen molar-refractivity contribution in [1.82, 2.24) is 5.32 Å². The zero-order chi connectivity index (χ0) is 12.8. The molecule has 1 aromatic rings. The van der Waals surface area contributed by atoms with Gasteiger partial charge in [0.1, 0.15) is 5.75 Å². The lowest BCUT2D eigenvalue weighted by molar-refractivity contribution is -0.121. The highest BCUT2D eigenvalue weighted by molar-refractivity contribution is 5.76. The number of phenols is 1. The minimum Gasteiger partial charge on any atom is -0.508 e. The largest absolute Gasteiger partial charge is 0.508 e. The Morgan fingerprint density at radius 2 is 2.28 bits per heavy atom. The van der Waals surface area contributed by atoms with Crippen molar-refractivity contribution in [3.8, 4) is 5.75 Å². The number of nitrogens with one attached hydrogen (secondary N) is 1. The van der Waals surface area contributed by atoms with E-state index in [1.165, 1.54) is 0 Å². The quantitative estimate of drug-likeness (QED) is 0.833. The maximum absolute atomic E-state index is 11.6. The molecule has 0 bridgehead atoms. The van der Waals surface area contributed by atoms with E-state index in [9.17, 15) is 9.90 Å². The average Bonchev–Trinajstić information content (AvgIpc) is 2.88. The van der Waals surface area contributed by atoms with Gasteiger partial charge < -0.3 is 15.2 Å². The number of hydrogen-bond donors (Lipinski definition) is 2. The number of para-hydroxylation sites is 1. The van der Waals surface area contributed by atoms with Gasteiger partial charge in [-0.25, -0.2) is 0 Å². The van der Waals surface area contributed by atoms with Gasteiger partial charge in [-0.2, -0.15) is 0 Å². The minimum absolute atomic E-state index is 0.00810. The molecule has 0 saturated carbocycles. The Morgan fingerprint density at radius 3 is 3.00 bits per heavy atom. The number of aromatic hydroxyl groups is 1. The van der Waals surface area contributed by atoms with E-state index >= 15 is 0 Å². The van der Waals surface area contributed by atoms with Gasteiger partial charge in [-0.1, -0.05) is 18.2 Å². The zero-order valence-electron chi connectivity index (χ0n) is 10.4. The summed E-state index contributed by atoms with van der Waals surface area (Å²) in [5.74, 6) is 0.262. The van der Waals surface area contributed by atoms with Crippen molar-refractivity contribution in [2.75, 3.05) is 13.2 Å². The SMILES string of the molecule is O=C(CCc1ccccc1O)NCC1CCCO1. The van der Waals surface area contributed by atoms with Crippen molar-refractivity contribution >= 4 is 5.91 Å². The van der Waals surface area contributed by atoms with Gasteiger partial charge in [-0.05, 0) is 30.9 Å². The van der Waals surface area contributed by atoms with Crippen LogP contribution in [0.1, 0.15) is 24.8 Å². The summed E-state index contributed by atoms with van der Waals surface area (Å²) in [4.78, 5) is 11.6. The molecule has 1 aliphatic rings. The summed E-state index contributed by atoms with van der Waals surface area (Å²) in [6, 6.07) is 7.11. The summed E-state index contributed by atoms with van der Waals surface area (Å²) in [7, 11) is 0. The van der Waals surface area contributed by atoms with E-state index in [0.717, 1.165) is 25.0 Å². The fourth-order valence-corrected chi connectivity index (χ4v) is 2.09. The molecular weight excluding hydrogens is 230 g/mol. The first-order valence-electron chi connectivity index (χ1n) is 6.41. The second-order valence-corrected chi connectivity index (χ2v) is 4.57. The molecule has 1 unspecified atom stereocenters. The topological polar surface area (TPSA) is 58.6 Å². The second kappa shape index (κ2) is 6.40. The highest BCUT2D eigenvalue weighted by Crippen LogP contribution is 2.17. The molecule has 1 saturated heterocycles. The third kappa shape index (κ3) is 3.74. The number of amides is 1. The molecule has 98 valence electrons. The summed E-state index contributed by atoms with van der Waals surface area (Å²) in [5, 5.41) is 12.4. The van der Waals surface area contributed by atoms with E-state index < -0.39 is 0 Å². The Bertz CT molecular complexity index is 400. The van der Waals surface area contributed by atoms with E-state index in [-0.39, 0.29) is 17.8 Å². The molecule has 1 aliphatic heterocycles. The first-order valence-corrected chi connectivity index (χ1v) is 6.41. The molecule has 1 heterocycles. The van der Waals surface area contributed by atoms with Crippen LogP contribution in [0.25, 0.3) is 0 Å². The molecule has 4 nitrogen and oxygen atoms in total. The normalized spacial score (nSPS) is 18.8. The summed E-state index contributed by atoms with van der Waals surface area (Å²) < 4.78 is 5.43. The minimum atomic E-state index is 0.00810. The Balaban J connectivity index is 1.69. The molecule has 0 radical (unpaired) electrons. The summed E-state index contributed by atoms with van der Waals surface area (Å²) in [6.07, 6.45) is 3.24. The van der Waals surface area contributed by atoms with Gasteiger partial charge in [-0.15, -0.1) is 0 Å². The van der Waals surface area contributed by atoms with Crippen molar-refractivity contribution in [3.05, 3.63) is 29.8 Å². The van der Waals surface area contributed by atoms with Gasteiger partial charge in [-0.3, -0.25) is 4.79 Å². The lowest BCUT2D eigenvalue weighted by Crippen LogP contribution is -2.31. The maximum Gasteiger partial charge on any atom is 0.220 e. The van der Waals surface area contributed by atoms with Crippen LogP contribution in [0.3, 0.4) is 0 Å². The van der Waals surface area contributed by atoms with Crippen LogP contribution in [0.2, 0.25) is 0 Å². The van der Waals surface area contributed by atoms with Crippen LogP contribution in [0.4, 0.5) is 0 Å². The van der Waals surface area contributed by atoms with E-state index in [4.69, 9.17) is 4.74 Å². The number of aryl methyl sites for hydroxylation is 1. The van der Waals surface area contributed by atoms with Crippen LogP contribution in [0.15, 0.2) is 24.3 Å². The molecule has 1 fully saturated rings. The molecule has 2 N–H and O–H groups in total. The number of ether oxygens (including phenoxy) is 1. The number of rotatable bonds is 5. The van der Waals surface area contributed by atoms with Crippen molar-refractivity contribution in [1.29, 1.82) is 0 Å². The average molecular weight is 249 g/mol. The van der Waals surface area contributed by atoms with Crippen molar-refractivity contribution < 1.29 is 14.6 Å². The smallest absolute Gasteiger partial charge is 0.220 e. The van der Waals surface area contributed by atoms with Crippen LogP contribution in [-0.4, -0.2) is 30.3 Å². The van der Waals surface area contributed by atoms with Crippen molar-refractivity contribution in [3.63, 3.8) is 0 Å². The Hall–Kier alpha value is -1.55. The highest BCUT2D eigenvalue weighted by Gasteiger charge is 2.16. The lowest BCUT2D eigenvalue weighted by Gasteiger charge is -2.10. The molecule has 0 spiro atoms. The predicted molar refractivity (Wildman–Crippen MR) is 68.4 cm³/mol. The number of hydrogen-bond acceptors (Lipinski definition) is 3. The van der Waals surface area contributed by atoms with Gasteiger partial charge in [0.25, 0.3) is 0 Å². The van der Waals surface area contributed by atoms with Crippen LogP contribution < -0.4 is 5.32 Å². The van der Waals surface area contributed by atoms with E-state index in [1.807, 2.05) is 12.1 Å². The van der Waals surface area contributed by atoms with Crippen LogP contribution >= 0.6 is 0 Å². The van der Waals surface area contributed by atoms with Gasteiger partial charge in [0, 0.05) is 19.6 Å². The second-order valence-electron chi connectivity index (χ2n) is 4.57. The molecule has 1 aromatic carbocycles. The van der Waals surface area contributed by atoms with Gasteiger partial charge in [0.05, 0.1) is 6.10 Å². The number of phenolic OH excluding ortho intramolecular Hbond substituents is 1. The fraction of sp³-hybridized carbons (Fsp3) is 0.500. The zero-order valence-corrected chi connectivity index (χ0v) is 10.4. The molecule has 1 atom stereocenters. The molecule has 0 aromatic heterocycles. The monoisotopic (exact) mass is 249 g/mol. The molecule has 2 rings (SSSR count). The fourth-order valence-electron chi connectivity index (χ4n) is 2.09. The Labute approximate surface area is 107 Å². The maximum atomic E-state index is 11.6. The van der Waals surface area contributed by atoms with E-state index in [0.29, 0.717) is 19.4 Å². The molecule has 4 heteroatoms. The molecule has 18 heavy (non-hydrogen) atoms. The number of carbonyl (C=O) groups is 1. The van der Waals surface area contributed by atoms with Gasteiger partial charge in [0.15, 0.2) is 0 Å². The predicted octanol–water partition coefficient (Wildman–Crippen LogP) is 1.62. The van der Waals surface area contributed by atoms with Crippen LogP contribution in [-0.2, 0) is 16.0 Å².